The van der Waals surface area contributed by atoms with Crippen molar-refractivity contribution in [2.75, 3.05) is 13.1 Å². The molecule has 1 aliphatic heterocycles. The smallest absolute Gasteiger partial charge is 0.264 e. The monoisotopic (exact) mass is 316 g/mol. The summed E-state index contributed by atoms with van der Waals surface area (Å²) in [7, 11) is 0. The molecule has 2 N–H and O–H groups in total. The van der Waals surface area contributed by atoms with Crippen molar-refractivity contribution in [1.82, 2.24) is 4.90 Å². The highest BCUT2D eigenvalue weighted by Crippen LogP contribution is 2.31. The Balaban J connectivity index is 0.00000200. The molecule has 0 aliphatic carbocycles. The predicted molar refractivity (Wildman–Crippen MR) is 87.9 cm³/mol. The van der Waals surface area contributed by atoms with Gasteiger partial charge in [-0.15, -0.1) is 23.7 Å². The first-order valence-electron chi connectivity index (χ1n) is 6.95. The minimum Gasteiger partial charge on any atom is -0.337 e. The van der Waals surface area contributed by atoms with Gasteiger partial charge in [0.1, 0.15) is 0 Å². The maximum atomic E-state index is 12.7. The van der Waals surface area contributed by atoms with Crippen LogP contribution in [0.15, 0.2) is 11.4 Å². The molecule has 2 heterocycles. The number of thiophene rings is 1. The molecule has 20 heavy (non-hydrogen) atoms. The standard InChI is InChI=1S/C15H24N2OS.ClH/c1-10(2)11-6-8-19-13(11)14(18)17-7-5-12(16)15(3,4)9-17;/h6,8,10,12H,5,7,9,16H2,1-4H3;1H. The summed E-state index contributed by atoms with van der Waals surface area (Å²) in [5.74, 6) is 0.573. The fourth-order valence-corrected chi connectivity index (χ4v) is 3.66. The number of nitrogens with two attached hydrogens (primary N) is 1. The minimum absolute atomic E-state index is 0. The molecule has 0 bridgehead atoms. The van der Waals surface area contributed by atoms with Crippen LogP contribution in [0.3, 0.4) is 0 Å². The quantitative estimate of drug-likeness (QED) is 0.907. The number of piperidine rings is 1. The highest BCUT2D eigenvalue weighted by atomic mass is 35.5. The van der Waals surface area contributed by atoms with Crippen molar-refractivity contribution in [1.29, 1.82) is 0 Å². The molecule has 1 fully saturated rings. The van der Waals surface area contributed by atoms with Crippen LogP contribution in [0.5, 0.6) is 0 Å². The van der Waals surface area contributed by atoms with Gasteiger partial charge < -0.3 is 10.6 Å². The summed E-state index contributed by atoms with van der Waals surface area (Å²) in [6.07, 6.45) is 0.890. The van der Waals surface area contributed by atoms with Crippen LogP contribution in [0.4, 0.5) is 0 Å². The molecule has 1 amide bonds. The van der Waals surface area contributed by atoms with E-state index in [2.05, 4.69) is 33.8 Å². The second-order valence-corrected chi connectivity index (χ2v) is 7.39. The van der Waals surface area contributed by atoms with Gasteiger partial charge >= 0.3 is 0 Å². The fraction of sp³-hybridized carbons (Fsp3) is 0.667. The largest absolute Gasteiger partial charge is 0.337 e. The maximum absolute atomic E-state index is 12.7. The first-order chi connectivity index (χ1) is 8.83. The molecule has 0 saturated carbocycles. The number of amides is 1. The number of hydrogen-bond donors (Lipinski definition) is 1. The van der Waals surface area contributed by atoms with E-state index in [-0.39, 0.29) is 29.8 Å². The Morgan fingerprint density at radius 3 is 2.70 bits per heavy atom. The number of likely N-dealkylation sites (tertiary alicyclic amines) is 1. The van der Waals surface area contributed by atoms with E-state index in [0.717, 1.165) is 24.4 Å². The van der Waals surface area contributed by atoms with Gasteiger partial charge in [0.25, 0.3) is 5.91 Å². The Labute approximate surface area is 131 Å². The molecule has 1 aromatic heterocycles. The van der Waals surface area contributed by atoms with E-state index >= 15 is 0 Å². The van der Waals surface area contributed by atoms with Gasteiger partial charge in [-0.3, -0.25) is 4.79 Å². The highest BCUT2D eigenvalue weighted by molar-refractivity contribution is 7.12. The van der Waals surface area contributed by atoms with Gasteiger partial charge in [0, 0.05) is 19.1 Å². The second-order valence-electron chi connectivity index (χ2n) is 6.47. The van der Waals surface area contributed by atoms with Gasteiger partial charge in [-0.05, 0) is 34.8 Å². The van der Waals surface area contributed by atoms with E-state index in [0.29, 0.717) is 5.92 Å². The molecule has 1 atom stereocenters. The van der Waals surface area contributed by atoms with Crippen LogP contribution < -0.4 is 5.73 Å². The lowest BCUT2D eigenvalue weighted by molar-refractivity contribution is 0.0536. The van der Waals surface area contributed by atoms with Crippen molar-refractivity contribution in [2.24, 2.45) is 11.1 Å². The number of nitrogens with zero attached hydrogens (tertiary/aromatic N) is 1. The zero-order chi connectivity index (χ0) is 14.2. The molecular formula is C15H25ClN2OS. The Bertz CT molecular complexity index is 470. The number of hydrogen-bond acceptors (Lipinski definition) is 3. The Kier molecular flexibility index (Phi) is 5.64. The minimum atomic E-state index is 0. The van der Waals surface area contributed by atoms with Crippen molar-refractivity contribution in [2.45, 2.75) is 46.1 Å². The summed E-state index contributed by atoms with van der Waals surface area (Å²) < 4.78 is 0. The Morgan fingerprint density at radius 2 is 2.15 bits per heavy atom. The van der Waals surface area contributed by atoms with Crippen molar-refractivity contribution < 1.29 is 4.79 Å². The molecule has 0 spiro atoms. The van der Waals surface area contributed by atoms with Crippen LogP contribution in [-0.4, -0.2) is 29.9 Å². The van der Waals surface area contributed by atoms with Gasteiger partial charge in [-0.1, -0.05) is 27.7 Å². The molecule has 0 radical (unpaired) electrons. The van der Waals surface area contributed by atoms with Gasteiger partial charge in [-0.2, -0.15) is 0 Å². The third kappa shape index (κ3) is 3.35. The molecule has 5 heteroatoms. The average molecular weight is 317 g/mol. The molecule has 1 aliphatic rings. The Hall–Kier alpha value is -0.580. The second kappa shape index (κ2) is 6.46. The number of carbonyl (C=O) groups excluding carboxylic acids is 1. The van der Waals surface area contributed by atoms with Crippen LogP contribution in [-0.2, 0) is 0 Å². The lowest BCUT2D eigenvalue weighted by atomic mass is 9.79. The average Bonchev–Trinajstić information content (AvgIpc) is 2.80. The summed E-state index contributed by atoms with van der Waals surface area (Å²) in [5.41, 5.74) is 7.31. The van der Waals surface area contributed by atoms with Crippen LogP contribution in [0.1, 0.15) is 55.3 Å². The molecule has 114 valence electrons. The van der Waals surface area contributed by atoms with Gasteiger partial charge in [0.15, 0.2) is 0 Å². The Morgan fingerprint density at radius 1 is 1.50 bits per heavy atom. The van der Waals surface area contributed by atoms with E-state index in [1.54, 1.807) is 11.3 Å². The molecule has 1 unspecified atom stereocenters. The van der Waals surface area contributed by atoms with Crippen LogP contribution in [0.2, 0.25) is 0 Å². The molecule has 3 nitrogen and oxygen atoms in total. The topological polar surface area (TPSA) is 46.3 Å². The number of carbonyl (C=O) groups is 1. The molecule has 2 rings (SSSR count). The molecule has 1 saturated heterocycles. The van der Waals surface area contributed by atoms with Crippen molar-refractivity contribution >= 4 is 29.7 Å². The molecule has 0 aromatic carbocycles. The third-order valence-electron chi connectivity index (χ3n) is 4.11. The third-order valence-corrected chi connectivity index (χ3v) is 5.03. The summed E-state index contributed by atoms with van der Waals surface area (Å²) >= 11 is 1.56. The van der Waals surface area contributed by atoms with Crippen LogP contribution in [0.25, 0.3) is 0 Å². The van der Waals surface area contributed by atoms with E-state index in [1.165, 1.54) is 5.56 Å². The van der Waals surface area contributed by atoms with Gasteiger partial charge in [0.05, 0.1) is 4.88 Å². The van der Waals surface area contributed by atoms with Crippen molar-refractivity contribution in [3.05, 3.63) is 21.9 Å². The van der Waals surface area contributed by atoms with E-state index < -0.39 is 0 Å². The van der Waals surface area contributed by atoms with Crippen molar-refractivity contribution in [3.8, 4) is 0 Å². The maximum Gasteiger partial charge on any atom is 0.264 e. The van der Waals surface area contributed by atoms with Gasteiger partial charge in [0.2, 0.25) is 0 Å². The lowest BCUT2D eigenvalue weighted by Gasteiger charge is -2.42. The summed E-state index contributed by atoms with van der Waals surface area (Å²) in [5, 5.41) is 2.02. The van der Waals surface area contributed by atoms with Crippen molar-refractivity contribution in [3.63, 3.8) is 0 Å². The molecule has 1 aromatic rings. The summed E-state index contributed by atoms with van der Waals surface area (Å²) in [6.45, 7) is 10.1. The zero-order valence-corrected chi connectivity index (χ0v) is 14.3. The first-order valence-corrected chi connectivity index (χ1v) is 7.83. The van der Waals surface area contributed by atoms with Crippen LogP contribution >= 0.6 is 23.7 Å². The summed E-state index contributed by atoms with van der Waals surface area (Å²) in [6, 6.07) is 2.26. The van der Waals surface area contributed by atoms with E-state index in [9.17, 15) is 4.79 Å². The van der Waals surface area contributed by atoms with Gasteiger partial charge in [-0.25, -0.2) is 0 Å². The van der Waals surface area contributed by atoms with E-state index in [1.807, 2.05) is 10.3 Å². The first kappa shape index (κ1) is 17.5. The SMILES string of the molecule is CC(C)c1ccsc1C(=O)N1CCC(N)C(C)(C)C1.Cl. The van der Waals surface area contributed by atoms with E-state index in [4.69, 9.17) is 5.73 Å². The van der Waals surface area contributed by atoms with Crippen LogP contribution in [0, 0.1) is 5.41 Å². The normalized spacial score (nSPS) is 21.7. The lowest BCUT2D eigenvalue weighted by Crippen LogP contribution is -2.54. The summed E-state index contributed by atoms with van der Waals surface area (Å²) in [4.78, 5) is 15.6. The molecular weight excluding hydrogens is 292 g/mol. The predicted octanol–water partition coefficient (Wildman–Crippen LogP) is 3.49. The number of halogens is 1. The zero-order valence-electron chi connectivity index (χ0n) is 12.7. The number of rotatable bonds is 2. The highest BCUT2D eigenvalue weighted by Gasteiger charge is 2.36. The fourth-order valence-electron chi connectivity index (χ4n) is 2.64.